The summed E-state index contributed by atoms with van der Waals surface area (Å²) in [5.74, 6) is 0. The van der Waals surface area contributed by atoms with Gasteiger partial charge in [0, 0.05) is 27.8 Å². The van der Waals surface area contributed by atoms with Crippen molar-refractivity contribution in [2.24, 2.45) is 0 Å². The SMILES string of the molecule is CPC(=O)c1[nH]c2ccc(Cl)c(-c3c(C)c(C)nn3CCCOS(C)(C)C(C)(C)C)c2c1C. The monoisotopic (exact) mass is 509 g/mol. The van der Waals surface area contributed by atoms with Crippen LogP contribution < -0.4 is 0 Å². The highest BCUT2D eigenvalue weighted by molar-refractivity contribution is 8.29. The van der Waals surface area contributed by atoms with E-state index >= 15 is 0 Å². The molecule has 5 nitrogen and oxygen atoms in total. The Morgan fingerprint density at radius 1 is 1.21 bits per heavy atom. The second-order valence-electron chi connectivity index (χ2n) is 9.85. The molecule has 3 rings (SSSR count). The van der Waals surface area contributed by atoms with E-state index in [1.165, 1.54) is 0 Å². The summed E-state index contributed by atoms with van der Waals surface area (Å²) in [6, 6.07) is 3.86. The zero-order chi connectivity index (χ0) is 24.7. The molecule has 0 aliphatic heterocycles. The zero-order valence-corrected chi connectivity index (χ0v) is 23.8. The fourth-order valence-electron chi connectivity index (χ4n) is 3.82. The summed E-state index contributed by atoms with van der Waals surface area (Å²) in [5, 5.41) is 6.51. The van der Waals surface area contributed by atoms with E-state index in [4.69, 9.17) is 20.9 Å². The molecule has 0 aliphatic carbocycles. The molecule has 182 valence electrons. The van der Waals surface area contributed by atoms with Crippen LogP contribution in [-0.4, -0.2) is 50.8 Å². The summed E-state index contributed by atoms with van der Waals surface area (Å²) in [6.07, 6.45) is 5.32. The van der Waals surface area contributed by atoms with Crippen LogP contribution in [0.15, 0.2) is 12.1 Å². The summed E-state index contributed by atoms with van der Waals surface area (Å²) in [4.78, 5) is 15.9. The van der Waals surface area contributed by atoms with E-state index in [1.54, 1.807) is 0 Å². The molecule has 1 atom stereocenters. The molecule has 1 unspecified atom stereocenters. The average Bonchev–Trinajstić information content (AvgIpc) is 3.21. The summed E-state index contributed by atoms with van der Waals surface area (Å²) < 4.78 is 8.53. The standard InChI is InChI=1S/C25H37ClN3O2PS/c1-15-17(3)28-29(13-10-14-31-33(8,9)25(4,5)6)23(15)21-18(26)11-12-19-20(21)16(2)22(27-19)24(30)32-7/h11-12,27,32H,10,13-14H2,1-9H3. The summed E-state index contributed by atoms with van der Waals surface area (Å²) >= 11 is 6.80. The van der Waals surface area contributed by atoms with Crippen LogP contribution in [0.1, 0.15) is 54.5 Å². The minimum Gasteiger partial charge on any atom is -0.352 e. The smallest absolute Gasteiger partial charge is 0.197 e. The van der Waals surface area contributed by atoms with Gasteiger partial charge in [-0.3, -0.25) is 9.48 Å². The number of aryl methyl sites for hydroxylation is 3. The van der Waals surface area contributed by atoms with E-state index in [2.05, 4.69) is 49.9 Å². The van der Waals surface area contributed by atoms with Crippen molar-refractivity contribution in [2.75, 3.05) is 25.8 Å². The lowest BCUT2D eigenvalue weighted by atomic mass is 9.99. The zero-order valence-electron chi connectivity index (χ0n) is 21.3. The van der Waals surface area contributed by atoms with Crippen molar-refractivity contribution in [1.82, 2.24) is 14.8 Å². The fourth-order valence-corrected chi connectivity index (χ4v) is 5.45. The Morgan fingerprint density at radius 2 is 1.88 bits per heavy atom. The number of halogens is 1. The van der Waals surface area contributed by atoms with Crippen molar-refractivity contribution in [3.63, 3.8) is 0 Å². The summed E-state index contributed by atoms with van der Waals surface area (Å²) in [5.41, 5.74) is 6.74. The largest absolute Gasteiger partial charge is 0.352 e. The second kappa shape index (κ2) is 9.73. The molecule has 2 aromatic heterocycles. The molecule has 0 fully saturated rings. The van der Waals surface area contributed by atoms with Crippen molar-refractivity contribution in [3.05, 3.63) is 39.7 Å². The highest BCUT2D eigenvalue weighted by Gasteiger charge is 2.29. The Morgan fingerprint density at radius 3 is 2.48 bits per heavy atom. The lowest BCUT2D eigenvalue weighted by Gasteiger charge is -2.43. The molecule has 1 aromatic carbocycles. The quantitative estimate of drug-likeness (QED) is 0.257. The third-order valence-electron chi connectivity index (χ3n) is 6.65. The Hall–Kier alpha value is -1.33. The van der Waals surface area contributed by atoms with Gasteiger partial charge < -0.3 is 9.17 Å². The van der Waals surface area contributed by atoms with Crippen molar-refractivity contribution in [1.29, 1.82) is 0 Å². The van der Waals surface area contributed by atoms with Crippen LogP contribution in [-0.2, 0) is 10.7 Å². The first-order chi connectivity index (χ1) is 15.3. The van der Waals surface area contributed by atoms with Gasteiger partial charge in [-0.1, -0.05) is 32.4 Å². The normalized spacial score (nSPS) is 13.5. The van der Waals surface area contributed by atoms with Crippen molar-refractivity contribution < 1.29 is 8.98 Å². The molecule has 0 amide bonds. The van der Waals surface area contributed by atoms with Crippen LogP contribution in [0.3, 0.4) is 0 Å². The predicted octanol–water partition coefficient (Wildman–Crippen LogP) is 7.24. The Balaban J connectivity index is 2.00. The van der Waals surface area contributed by atoms with E-state index in [-0.39, 0.29) is 18.9 Å². The molecule has 2 heterocycles. The Kier molecular flexibility index (Phi) is 7.75. The molecular formula is C25H37ClN3O2PS. The van der Waals surface area contributed by atoms with Gasteiger partial charge in [-0.25, -0.2) is 0 Å². The molecule has 0 radical (unpaired) electrons. The number of H-pyrrole nitrogens is 1. The molecule has 0 saturated heterocycles. The van der Waals surface area contributed by atoms with E-state index in [0.29, 0.717) is 17.3 Å². The van der Waals surface area contributed by atoms with Crippen LogP contribution in [0.2, 0.25) is 5.02 Å². The maximum Gasteiger partial charge on any atom is 0.197 e. The van der Waals surface area contributed by atoms with Gasteiger partial charge in [-0.15, -0.1) is 10.3 Å². The first-order valence-corrected chi connectivity index (χ1v) is 15.5. The third kappa shape index (κ3) is 5.05. The number of rotatable bonds is 8. The van der Waals surface area contributed by atoms with E-state index in [9.17, 15) is 4.79 Å². The first kappa shape index (κ1) is 26.3. The number of aromatic nitrogens is 3. The number of carbonyl (C=O) groups excluding carboxylic acids is 1. The number of nitrogens with one attached hydrogen (secondary N) is 1. The molecule has 1 N–H and O–H groups in total. The second-order valence-corrected chi connectivity index (χ2v) is 15.1. The molecule has 8 heteroatoms. The number of carbonyl (C=O) groups is 1. The predicted molar refractivity (Wildman–Crippen MR) is 147 cm³/mol. The third-order valence-corrected chi connectivity index (χ3v) is 11.4. The van der Waals surface area contributed by atoms with Crippen molar-refractivity contribution in [3.8, 4) is 11.3 Å². The minimum absolute atomic E-state index is 0.133. The molecule has 0 saturated carbocycles. The van der Waals surface area contributed by atoms with Crippen molar-refractivity contribution >= 4 is 46.9 Å². The maximum absolute atomic E-state index is 12.5. The lowest BCUT2D eigenvalue weighted by molar-refractivity contribution is 0.108. The molecule has 0 spiro atoms. The van der Waals surface area contributed by atoms with Gasteiger partial charge in [-0.05, 0) is 78.2 Å². The average molecular weight is 510 g/mol. The molecular weight excluding hydrogens is 473 g/mol. The minimum atomic E-state index is -1.15. The van der Waals surface area contributed by atoms with Crippen LogP contribution in [0.5, 0.6) is 0 Å². The number of benzene rings is 1. The highest BCUT2D eigenvalue weighted by atomic mass is 35.5. The van der Waals surface area contributed by atoms with Crippen LogP contribution in [0.4, 0.5) is 0 Å². The molecule has 33 heavy (non-hydrogen) atoms. The topological polar surface area (TPSA) is 59.9 Å². The first-order valence-electron chi connectivity index (χ1n) is 11.2. The van der Waals surface area contributed by atoms with E-state index in [1.807, 2.05) is 32.6 Å². The van der Waals surface area contributed by atoms with Gasteiger partial charge in [0.1, 0.15) is 0 Å². The van der Waals surface area contributed by atoms with Gasteiger partial charge in [-0.2, -0.15) is 5.10 Å². The summed E-state index contributed by atoms with van der Waals surface area (Å²) in [6.45, 7) is 16.2. The molecule has 0 aliphatic rings. The molecule has 3 aromatic rings. The van der Waals surface area contributed by atoms with E-state index < -0.39 is 10.3 Å². The number of hydrogen-bond donors (Lipinski definition) is 1. The molecule has 0 bridgehead atoms. The van der Waals surface area contributed by atoms with Gasteiger partial charge >= 0.3 is 0 Å². The highest BCUT2D eigenvalue weighted by Crippen LogP contribution is 2.53. The van der Waals surface area contributed by atoms with E-state index in [0.717, 1.165) is 51.9 Å². The van der Waals surface area contributed by atoms with Crippen LogP contribution in [0.25, 0.3) is 22.2 Å². The maximum atomic E-state index is 12.5. The lowest BCUT2D eigenvalue weighted by Crippen LogP contribution is -2.25. The van der Waals surface area contributed by atoms with Crippen LogP contribution >= 0.6 is 30.5 Å². The van der Waals surface area contributed by atoms with Crippen molar-refractivity contribution in [2.45, 2.75) is 59.3 Å². The van der Waals surface area contributed by atoms with Gasteiger partial charge in [0.25, 0.3) is 0 Å². The van der Waals surface area contributed by atoms with Gasteiger partial charge in [0.15, 0.2) is 5.52 Å². The number of fused-ring (bicyclic) bond motifs is 1. The number of nitrogens with zero attached hydrogens (tertiary/aromatic N) is 2. The van der Waals surface area contributed by atoms with Gasteiger partial charge in [0.05, 0.1) is 28.7 Å². The summed E-state index contributed by atoms with van der Waals surface area (Å²) in [7, 11) is -0.945. The van der Waals surface area contributed by atoms with Gasteiger partial charge in [0.2, 0.25) is 0 Å². The Bertz CT molecular complexity index is 1190. The fraction of sp³-hybridized carbons (Fsp3) is 0.520. The number of hydrogen-bond acceptors (Lipinski definition) is 3. The van der Waals surface area contributed by atoms with Crippen LogP contribution in [0, 0.1) is 20.8 Å². The Labute approximate surface area is 206 Å². The number of aromatic amines is 1.